The molecule has 0 aliphatic heterocycles. The highest BCUT2D eigenvalue weighted by atomic mass is 16.4. The maximum absolute atomic E-state index is 11.1. The zero-order valence-electron chi connectivity index (χ0n) is 12.0. The third kappa shape index (κ3) is 3.17. The number of nitrogens with one attached hydrogen (secondary N) is 1. The Kier molecular flexibility index (Phi) is 4.74. The molecule has 0 saturated heterocycles. The third-order valence-electron chi connectivity index (χ3n) is 3.49. The molecule has 2 rings (SSSR count). The minimum Gasteiger partial charge on any atom is -0.480 e. The first kappa shape index (κ1) is 14.5. The van der Waals surface area contributed by atoms with Gasteiger partial charge in [0.05, 0.1) is 11.0 Å². The van der Waals surface area contributed by atoms with E-state index in [9.17, 15) is 4.79 Å². The Morgan fingerprint density at radius 2 is 2.20 bits per heavy atom. The molecule has 0 aliphatic rings. The lowest BCUT2D eigenvalue weighted by molar-refractivity contribution is -0.139. The molecule has 0 spiro atoms. The van der Waals surface area contributed by atoms with Gasteiger partial charge in [0.1, 0.15) is 11.9 Å². The van der Waals surface area contributed by atoms with Crippen molar-refractivity contribution in [3.8, 4) is 0 Å². The van der Waals surface area contributed by atoms with Crippen molar-refractivity contribution in [1.82, 2.24) is 14.9 Å². The Hall–Kier alpha value is -1.88. The monoisotopic (exact) mass is 275 g/mol. The number of hydrogen-bond donors (Lipinski definition) is 2. The molecule has 1 atom stereocenters. The van der Waals surface area contributed by atoms with E-state index < -0.39 is 12.0 Å². The van der Waals surface area contributed by atoms with Crippen molar-refractivity contribution in [1.29, 1.82) is 0 Å². The number of carboxylic acid groups (broad SMARTS) is 1. The number of aryl methyl sites for hydroxylation is 1. The van der Waals surface area contributed by atoms with E-state index >= 15 is 0 Å². The molecule has 108 valence electrons. The van der Waals surface area contributed by atoms with Crippen molar-refractivity contribution < 1.29 is 9.90 Å². The van der Waals surface area contributed by atoms with Crippen molar-refractivity contribution in [3.63, 3.8) is 0 Å². The fourth-order valence-electron chi connectivity index (χ4n) is 2.38. The van der Waals surface area contributed by atoms with Crippen LogP contribution in [-0.2, 0) is 18.3 Å². The van der Waals surface area contributed by atoms with E-state index in [4.69, 9.17) is 5.11 Å². The molecular formula is C15H21N3O2. The molecule has 0 fully saturated rings. The van der Waals surface area contributed by atoms with Crippen LogP contribution in [0.1, 0.15) is 25.6 Å². The molecule has 2 N–H and O–H groups in total. The number of aliphatic carboxylic acids is 1. The molecule has 1 heterocycles. The summed E-state index contributed by atoms with van der Waals surface area (Å²) in [6, 6.07) is 7.53. The number of carbonyl (C=O) groups is 1. The van der Waals surface area contributed by atoms with Crippen LogP contribution in [0.2, 0.25) is 0 Å². The molecule has 0 aliphatic carbocycles. The predicted octanol–water partition coefficient (Wildman–Crippen LogP) is 1.96. The maximum Gasteiger partial charge on any atom is 0.320 e. The molecule has 0 saturated carbocycles. The molecule has 0 bridgehead atoms. The summed E-state index contributed by atoms with van der Waals surface area (Å²) in [5.41, 5.74) is 2.08. The SMILES string of the molecule is CCCC(NCCc1nc2ccccc2n1C)C(=O)O. The van der Waals surface area contributed by atoms with E-state index in [1.807, 2.05) is 38.2 Å². The first-order valence-corrected chi connectivity index (χ1v) is 7.00. The Morgan fingerprint density at radius 3 is 2.85 bits per heavy atom. The number of hydrogen-bond acceptors (Lipinski definition) is 3. The van der Waals surface area contributed by atoms with Crippen molar-refractivity contribution in [2.45, 2.75) is 32.2 Å². The Bertz CT molecular complexity index is 592. The summed E-state index contributed by atoms with van der Waals surface area (Å²) in [4.78, 5) is 15.6. The molecule has 0 amide bonds. The van der Waals surface area contributed by atoms with Gasteiger partial charge in [0.2, 0.25) is 0 Å². The number of benzene rings is 1. The van der Waals surface area contributed by atoms with Crippen LogP contribution in [0, 0.1) is 0 Å². The highest BCUT2D eigenvalue weighted by molar-refractivity contribution is 5.75. The number of rotatable bonds is 7. The average molecular weight is 275 g/mol. The van der Waals surface area contributed by atoms with Gasteiger partial charge in [-0.2, -0.15) is 0 Å². The Morgan fingerprint density at radius 1 is 1.45 bits per heavy atom. The molecule has 5 heteroatoms. The van der Waals surface area contributed by atoms with Crippen LogP contribution in [0.3, 0.4) is 0 Å². The fourth-order valence-corrected chi connectivity index (χ4v) is 2.38. The van der Waals surface area contributed by atoms with Gasteiger partial charge in [-0.05, 0) is 18.6 Å². The number of para-hydroxylation sites is 2. The van der Waals surface area contributed by atoms with Gasteiger partial charge in [-0.25, -0.2) is 4.98 Å². The topological polar surface area (TPSA) is 67.2 Å². The number of nitrogens with zero attached hydrogens (tertiary/aromatic N) is 2. The van der Waals surface area contributed by atoms with Gasteiger partial charge in [0, 0.05) is 20.0 Å². The van der Waals surface area contributed by atoms with Gasteiger partial charge in [0.25, 0.3) is 0 Å². The van der Waals surface area contributed by atoms with Crippen LogP contribution >= 0.6 is 0 Å². The molecule has 5 nitrogen and oxygen atoms in total. The van der Waals surface area contributed by atoms with Crippen molar-refractivity contribution >= 4 is 17.0 Å². The number of aromatic nitrogens is 2. The summed E-state index contributed by atoms with van der Waals surface area (Å²) in [6.45, 7) is 2.61. The molecule has 1 unspecified atom stereocenters. The largest absolute Gasteiger partial charge is 0.480 e. The number of imidazole rings is 1. The predicted molar refractivity (Wildman–Crippen MR) is 78.8 cm³/mol. The van der Waals surface area contributed by atoms with Gasteiger partial charge < -0.3 is 15.0 Å². The lowest BCUT2D eigenvalue weighted by Gasteiger charge is -2.13. The summed E-state index contributed by atoms with van der Waals surface area (Å²) in [6.07, 6.45) is 2.23. The summed E-state index contributed by atoms with van der Waals surface area (Å²) in [5, 5.41) is 12.2. The highest BCUT2D eigenvalue weighted by Gasteiger charge is 2.15. The molecule has 20 heavy (non-hydrogen) atoms. The quantitative estimate of drug-likeness (QED) is 0.810. The van der Waals surface area contributed by atoms with Gasteiger partial charge in [-0.15, -0.1) is 0 Å². The Labute approximate surface area is 118 Å². The van der Waals surface area contributed by atoms with Gasteiger partial charge in [-0.3, -0.25) is 4.79 Å². The zero-order valence-corrected chi connectivity index (χ0v) is 12.0. The zero-order chi connectivity index (χ0) is 14.5. The second kappa shape index (κ2) is 6.52. The van der Waals surface area contributed by atoms with E-state index in [0.717, 1.165) is 29.7 Å². The molecule has 1 aromatic heterocycles. The molecule has 1 aromatic carbocycles. The average Bonchev–Trinajstić information content (AvgIpc) is 2.75. The summed E-state index contributed by atoms with van der Waals surface area (Å²) in [7, 11) is 1.99. The summed E-state index contributed by atoms with van der Waals surface area (Å²) in [5.74, 6) is 0.191. The van der Waals surface area contributed by atoms with Gasteiger partial charge in [0.15, 0.2) is 0 Å². The van der Waals surface area contributed by atoms with Crippen LogP contribution in [-0.4, -0.2) is 33.2 Å². The summed E-state index contributed by atoms with van der Waals surface area (Å²) >= 11 is 0. The van der Waals surface area contributed by atoms with Crippen LogP contribution in [0.5, 0.6) is 0 Å². The second-order valence-corrected chi connectivity index (χ2v) is 4.96. The third-order valence-corrected chi connectivity index (χ3v) is 3.49. The standard InChI is InChI=1S/C15H21N3O2/c1-3-6-12(15(19)20)16-10-9-14-17-11-7-4-5-8-13(11)18(14)2/h4-5,7-8,12,16H,3,6,9-10H2,1-2H3,(H,19,20). The lowest BCUT2D eigenvalue weighted by Crippen LogP contribution is -2.37. The van der Waals surface area contributed by atoms with Crippen molar-refractivity contribution in [2.24, 2.45) is 7.05 Å². The van der Waals surface area contributed by atoms with Crippen LogP contribution in [0.15, 0.2) is 24.3 Å². The van der Waals surface area contributed by atoms with E-state index in [0.29, 0.717) is 13.0 Å². The van der Waals surface area contributed by atoms with Crippen molar-refractivity contribution in [3.05, 3.63) is 30.1 Å². The maximum atomic E-state index is 11.1. The first-order chi connectivity index (χ1) is 9.63. The number of carboxylic acids is 1. The van der Waals surface area contributed by atoms with Gasteiger partial charge >= 0.3 is 5.97 Å². The minimum atomic E-state index is -0.781. The normalized spacial score (nSPS) is 12.7. The van der Waals surface area contributed by atoms with Crippen LogP contribution in [0.25, 0.3) is 11.0 Å². The summed E-state index contributed by atoms with van der Waals surface area (Å²) < 4.78 is 2.06. The van der Waals surface area contributed by atoms with E-state index in [-0.39, 0.29) is 0 Å². The fraction of sp³-hybridized carbons (Fsp3) is 0.467. The highest BCUT2D eigenvalue weighted by Crippen LogP contribution is 2.14. The van der Waals surface area contributed by atoms with Crippen LogP contribution in [0.4, 0.5) is 0 Å². The van der Waals surface area contributed by atoms with E-state index in [1.165, 1.54) is 0 Å². The smallest absolute Gasteiger partial charge is 0.320 e. The van der Waals surface area contributed by atoms with E-state index in [1.54, 1.807) is 0 Å². The van der Waals surface area contributed by atoms with E-state index in [2.05, 4.69) is 14.9 Å². The Balaban J connectivity index is 1.99. The first-order valence-electron chi connectivity index (χ1n) is 7.00. The second-order valence-electron chi connectivity index (χ2n) is 4.96. The lowest BCUT2D eigenvalue weighted by atomic mass is 10.1. The minimum absolute atomic E-state index is 0.463. The van der Waals surface area contributed by atoms with Gasteiger partial charge in [-0.1, -0.05) is 25.5 Å². The van der Waals surface area contributed by atoms with Crippen molar-refractivity contribution in [2.75, 3.05) is 6.54 Å². The molecule has 0 radical (unpaired) electrons. The van der Waals surface area contributed by atoms with Crippen LogP contribution < -0.4 is 5.32 Å². The molecule has 2 aromatic rings. The number of fused-ring (bicyclic) bond motifs is 1. The molecular weight excluding hydrogens is 254 g/mol.